The van der Waals surface area contributed by atoms with Crippen LogP contribution in [0, 0.1) is 13.8 Å². The molecule has 0 atom stereocenters. The normalized spacial score (nSPS) is 11.9. The molecular weight excluding hydrogens is 444 g/mol. The molecule has 8 heteroatoms. The first-order chi connectivity index (χ1) is 15.3. The van der Waals surface area contributed by atoms with Crippen LogP contribution in [0.3, 0.4) is 0 Å². The Kier molecular flexibility index (Phi) is 6.33. The molecule has 4 aromatic rings. The molecule has 0 aliphatic heterocycles. The molecule has 4 rings (SSSR count). The highest BCUT2D eigenvalue weighted by molar-refractivity contribution is 7.91. The number of benzene rings is 2. The SMILES string of the molecule is CCc1nn2c(C)c(CNCc3cccc(Cl)c3)c(C)nc2c1S(=O)(=O)c1ccccc1. The van der Waals surface area contributed by atoms with Crippen molar-refractivity contribution < 1.29 is 8.42 Å². The smallest absolute Gasteiger partial charge is 0.212 e. The van der Waals surface area contributed by atoms with E-state index < -0.39 is 9.84 Å². The molecule has 2 aromatic heterocycles. The molecule has 0 bridgehead atoms. The number of aryl methyl sites for hydroxylation is 3. The van der Waals surface area contributed by atoms with Gasteiger partial charge in [-0.1, -0.05) is 48.9 Å². The first-order valence-corrected chi connectivity index (χ1v) is 12.3. The van der Waals surface area contributed by atoms with E-state index in [4.69, 9.17) is 16.6 Å². The van der Waals surface area contributed by atoms with Gasteiger partial charge in [0, 0.05) is 35.1 Å². The highest BCUT2D eigenvalue weighted by atomic mass is 35.5. The second kappa shape index (κ2) is 9.02. The van der Waals surface area contributed by atoms with Gasteiger partial charge in [0.2, 0.25) is 9.84 Å². The number of rotatable bonds is 7. The van der Waals surface area contributed by atoms with E-state index in [1.165, 1.54) is 0 Å². The van der Waals surface area contributed by atoms with E-state index in [1.807, 2.05) is 45.0 Å². The van der Waals surface area contributed by atoms with E-state index in [9.17, 15) is 8.42 Å². The van der Waals surface area contributed by atoms with Crippen molar-refractivity contribution in [2.45, 2.75) is 50.1 Å². The summed E-state index contributed by atoms with van der Waals surface area (Å²) in [5.41, 5.74) is 4.63. The topological polar surface area (TPSA) is 76.4 Å². The Labute approximate surface area is 193 Å². The third kappa shape index (κ3) is 4.16. The van der Waals surface area contributed by atoms with Crippen molar-refractivity contribution in [1.82, 2.24) is 19.9 Å². The number of hydrogen-bond acceptors (Lipinski definition) is 5. The van der Waals surface area contributed by atoms with Gasteiger partial charge in [0.05, 0.1) is 10.6 Å². The molecule has 1 N–H and O–H groups in total. The van der Waals surface area contributed by atoms with Crippen LogP contribution in [0.2, 0.25) is 5.02 Å². The first kappa shape index (κ1) is 22.5. The van der Waals surface area contributed by atoms with Crippen molar-refractivity contribution in [1.29, 1.82) is 0 Å². The Balaban J connectivity index is 1.73. The number of hydrogen-bond donors (Lipinski definition) is 1. The summed E-state index contributed by atoms with van der Waals surface area (Å²) < 4.78 is 28.5. The van der Waals surface area contributed by atoms with Gasteiger partial charge in [-0.25, -0.2) is 17.9 Å². The fourth-order valence-corrected chi connectivity index (χ4v) is 5.68. The molecule has 2 heterocycles. The van der Waals surface area contributed by atoms with Crippen LogP contribution in [0.25, 0.3) is 5.65 Å². The zero-order chi connectivity index (χ0) is 22.9. The van der Waals surface area contributed by atoms with Crippen LogP contribution in [0.4, 0.5) is 0 Å². The zero-order valence-corrected chi connectivity index (χ0v) is 19.8. The predicted octanol–water partition coefficient (Wildman–Crippen LogP) is 4.68. The molecule has 0 spiro atoms. The zero-order valence-electron chi connectivity index (χ0n) is 18.3. The highest BCUT2D eigenvalue weighted by Crippen LogP contribution is 2.29. The standard InChI is InChI=1S/C24H25ClN4O2S/c1-4-22-23(32(30,31)20-11-6-5-7-12-20)24-27-16(2)21(17(3)29(24)28-22)15-26-14-18-9-8-10-19(25)13-18/h5-13,26H,4,14-15H2,1-3H3. The predicted molar refractivity (Wildman–Crippen MR) is 126 cm³/mol. The van der Waals surface area contributed by atoms with Crippen LogP contribution in [0.5, 0.6) is 0 Å². The minimum Gasteiger partial charge on any atom is -0.308 e. The quantitative estimate of drug-likeness (QED) is 0.426. The van der Waals surface area contributed by atoms with Crippen LogP contribution in [-0.2, 0) is 29.3 Å². The molecule has 6 nitrogen and oxygen atoms in total. The average Bonchev–Trinajstić information content (AvgIpc) is 3.16. The van der Waals surface area contributed by atoms with E-state index in [2.05, 4.69) is 10.4 Å². The number of sulfone groups is 1. The van der Waals surface area contributed by atoms with Gasteiger partial charge < -0.3 is 5.32 Å². The van der Waals surface area contributed by atoms with E-state index in [0.717, 1.165) is 22.5 Å². The minimum absolute atomic E-state index is 0.191. The summed E-state index contributed by atoms with van der Waals surface area (Å²) in [5.74, 6) is 0. The summed E-state index contributed by atoms with van der Waals surface area (Å²) in [6.45, 7) is 6.99. The third-order valence-corrected chi connectivity index (χ3v) is 7.61. The molecule has 0 radical (unpaired) electrons. The molecule has 0 unspecified atom stereocenters. The summed E-state index contributed by atoms with van der Waals surface area (Å²) in [6, 6.07) is 16.2. The van der Waals surface area contributed by atoms with Gasteiger partial charge >= 0.3 is 0 Å². The van der Waals surface area contributed by atoms with Crippen LogP contribution in [0.15, 0.2) is 64.4 Å². The first-order valence-electron chi connectivity index (χ1n) is 10.5. The van der Waals surface area contributed by atoms with E-state index in [1.54, 1.807) is 34.8 Å². The molecule has 2 aromatic carbocycles. The minimum atomic E-state index is -3.74. The number of halogens is 1. The van der Waals surface area contributed by atoms with Crippen LogP contribution < -0.4 is 5.32 Å². The van der Waals surface area contributed by atoms with Gasteiger partial charge in [-0.05, 0) is 50.1 Å². The van der Waals surface area contributed by atoms with E-state index >= 15 is 0 Å². The van der Waals surface area contributed by atoms with Gasteiger partial charge in [-0.3, -0.25) is 0 Å². The second-order valence-electron chi connectivity index (χ2n) is 7.68. The summed E-state index contributed by atoms with van der Waals surface area (Å²) in [6.07, 6.45) is 0.492. The lowest BCUT2D eigenvalue weighted by molar-refractivity contribution is 0.595. The average molecular weight is 469 g/mol. The lowest BCUT2D eigenvalue weighted by Gasteiger charge is -2.13. The van der Waals surface area contributed by atoms with Crippen LogP contribution >= 0.6 is 11.6 Å². The summed E-state index contributed by atoms with van der Waals surface area (Å²) in [7, 11) is -3.74. The largest absolute Gasteiger partial charge is 0.308 e. The molecule has 32 heavy (non-hydrogen) atoms. The Morgan fingerprint density at radius 1 is 1.03 bits per heavy atom. The van der Waals surface area contributed by atoms with Gasteiger partial charge in [0.25, 0.3) is 0 Å². The Hall–Kier alpha value is -2.74. The summed E-state index contributed by atoms with van der Waals surface area (Å²) in [4.78, 5) is 5.13. The van der Waals surface area contributed by atoms with Crippen LogP contribution in [0.1, 0.15) is 35.1 Å². The van der Waals surface area contributed by atoms with Gasteiger partial charge in [-0.15, -0.1) is 0 Å². The van der Waals surface area contributed by atoms with Crippen molar-refractivity contribution in [2.24, 2.45) is 0 Å². The maximum absolute atomic E-state index is 13.4. The van der Waals surface area contributed by atoms with Crippen molar-refractivity contribution in [3.63, 3.8) is 0 Å². The van der Waals surface area contributed by atoms with Crippen molar-refractivity contribution in [3.05, 3.63) is 87.8 Å². The van der Waals surface area contributed by atoms with Gasteiger partial charge in [-0.2, -0.15) is 5.10 Å². The molecule has 0 aliphatic rings. The molecule has 0 saturated heterocycles. The van der Waals surface area contributed by atoms with Gasteiger partial charge in [0.1, 0.15) is 4.90 Å². The number of aromatic nitrogens is 3. The summed E-state index contributed by atoms with van der Waals surface area (Å²) in [5, 5.41) is 8.76. The Morgan fingerprint density at radius 3 is 2.47 bits per heavy atom. The van der Waals surface area contributed by atoms with Crippen LogP contribution in [-0.4, -0.2) is 23.0 Å². The number of nitrogens with one attached hydrogen (secondary N) is 1. The van der Waals surface area contributed by atoms with E-state index in [-0.39, 0.29) is 9.79 Å². The molecule has 0 amide bonds. The molecular formula is C24H25ClN4O2S. The second-order valence-corrected chi connectivity index (χ2v) is 10.00. The monoisotopic (exact) mass is 468 g/mol. The maximum atomic E-state index is 13.4. The summed E-state index contributed by atoms with van der Waals surface area (Å²) >= 11 is 6.07. The Morgan fingerprint density at radius 2 is 1.78 bits per heavy atom. The van der Waals surface area contributed by atoms with E-state index in [0.29, 0.717) is 35.9 Å². The van der Waals surface area contributed by atoms with Crippen molar-refractivity contribution in [2.75, 3.05) is 0 Å². The number of nitrogens with zero attached hydrogens (tertiary/aromatic N) is 3. The Bertz CT molecular complexity index is 1380. The highest BCUT2D eigenvalue weighted by Gasteiger charge is 2.29. The molecule has 166 valence electrons. The fraction of sp³-hybridized carbons (Fsp3) is 0.250. The lowest BCUT2D eigenvalue weighted by atomic mass is 10.1. The molecule has 0 aliphatic carbocycles. The molecule has 0 fully saturated rings. The third-order valence-electron chi connectivity index (χ3n) is 5.53. The fourth-order valence-electron chi connectivity index (χ4n) is 3.85. The van der Waals surface area contributed by atoms with Gasteiger partial charge in [0.15, 0.2) is 5.65 Å². The number of fused-ring (bicyclic) bond motifs is 1. The molecule has 0 saturated carbocycles. The maximum Gasteiger partial charge on any atom is 0.212 e. The van der Waals surface area contributed by atoms with Crippen molar-refractivity contribution in [3.8, 4) is 0 Å². The van der Waals surface area contributed by atoms with Crippen molar-refractivity contribution >= 4 is 27.1 Å². The lowest BCUT2D eigenvalue weighted by Crippen LogP contribution is -2.17.